The molecule has 1 heterocycles. The predicted octanol–water partition coefficient (Wildman–Crippen LogP) is 3.24. The van der Waals surface area contributed by atoms with Crippen molar-refractivity contribution in [3.63, 3.8) is 0 Å². The van der Waals surface area contributed by atoms with Gasteiger partial charge >= 0.3 is 0 Å². The molecule has 0 radical (unpaired) electrons. The number of unbranched alkanes of at least 4 members (excludes halogenated alkanes) is 1. The summed E-state index contributed by atoms with van der Waals surface area (Å²) in [4.78, 5) is 5.86. The molecule has 0 saturated heterocycles. The van der Waals surface area contributed by atoms with Crippen LogP contribution >= 0.6 is 0 Å². The van der Waals surface area contributed by atoms with Crippen LogP contribution in [0.3, 0.4) is 0 Å². The normalized spacial score (nSPS) is 12.5. The van der Waals surface area contributed by atoms with Gasteiger partial charge in [-0.15, -0.1) is 0 Å². The highest BCUT2D eigenvalue weighted by Crippen LogP contribution is 2.11. The zero-order chi connectivity index (χ0) is 12.7. The third-order valence-electron chi connectivity index (χ3n) is 3.25. The summed E-state index contributed by atoms with van der Waals surface area (Å²) < 4.78 is 1.89. The van der Waals surface area contributed by atoms with Crippen molar-refractivity contribution < 1.29 is 9.57 Å². The molecule has 0 N–H and O–H groups in total. The molecule has 96 valence electrons. The van der Waals surface area contributed by atoms with Crippen molar-refractivity contribution in [3.8, 4) is 0 Å². The Balaban J connectivity index is 2.47. The van der Waals surface area contributed by atoms with Crippen LogP contribution in [0.5, 0.6) is 0 Å². The minimum Gasteiger partial charge on any atom is -0.271 e. The van der Waals surface area contributed by atoms with Gasteiger partial charge in [0.25, 0.3) is 0 Å². The largest absolute Gasteiger partial charge is 0.271 e. The van der Waals surface area contributed by atoms with Gasteiger partial charge in [0.05, 0.1) is 0 Å². The lowest BCUT2D eigenvalue weighted by Crippen LogP contribution is -2.46. The molecule has 1 aromatic rings. The molecule has 2 heteroatoms. The first kappa shape index (κ1) is 14.0. The molecule has 0 spiro atoms. The maximum Gasteiger partial charge on any atom is 0.231 e. The van der Waals surface area contributed by atoms with E-state index >= 15 is 0 Å². The van der Waals surface area contributed by atoms with Gasteiger partial charge in [-0.05, 0) is 31.2 Å². The molecule has 1 atom stereocenters. The molecule has 0 aliphatic carbocycles. The molecule has 0 aliphatic rings. The second-order valence-electron chi connectivity index (χ2n) is 4.88. The molecule has 1 unspecified atom stereocenters. The van der Waals surface area contributed by atoms with Gasteiger partial charge in [0.1, 0.15) is 0 Å². The van der Waals surface area contributed by atoms with Crippen LogP contribution in [0.15, 0.2) is 18.3 Å². The van der Waals surface area contributed by atoms with Gasteiger partial charge in [-0.25, -0.2) is 0 Å². The minimum absolute atomic E-state index is 0.683. The Bertz CT molecular complexity index is 336. The predicted molar refractivity (Wildman–Crippen MR) is 70.9 cm³/mol. The first-order chi connectivity index (χ1) is 8.17. The summed E-state index contributed by atoms with van der Waals surface area (Å²) in [6.45, 7) is 9.50. The van der Waals surface area contributed by atoms with Crippen LogP contribution in [0.2, 0.25) is 0 Å². The van der Waals surface area contributed by atoms with Crippen LogP contribution in [-0.4, -0.2) is 6.61 Å². The molecular formula is C15H26NO+. The number of rotatable bonds is 7. The summed E-state index contributed by atoms with van der Waals surface area (Å²) in [5.41, 5.74) is 2.44. The fourth-order valence-electron chi connectivity index (χ4n) is 1.97. The van der Waals surface area contributed by atoms with Crippen molar-refractivity contribution in [2.24, 2.45) is 5.92 Å². The van der Waals surface area contributed by atoms with Crippen molar-refractivity contribution in [2.45, 2.75) is 53.4 Å². The molecule has 2 nitrogen and oxygen atoms in total. The number of hydrogen-bond acceptors (Lipinski definition) is 1. The Labute approximate surface area is 106 Å². The van der Waals surface area contributed by atoms with Crippen LogP contribution in [0, 0.1) is 19.8 Å². The Hall–Kier alpha value is -1.05. The number of aryl methyl sites for hydroxylation is 2. The minimum atomic E-state index is 0.683. The molecule has 0 fully saturated rings. The van der Waals surface area contributed by atoms with Crippen molar-refractivity contribution in [3.05, 3.63) is 29.6 Å². The van der Waals surface area contributed by atoms with E-state index in [1.54, 1.807) is 0 Å². The molecule has 1 aromatic heterocycles. The summed E-state index contributed by atoms with van der Waals surface area (Å²) in [5.74, 6) is 0.683. The number of aromatic nitrogens is 1. The maximum atomic E-state index is 5.86. The highest BCUT2D eigenvalue weighted by Gasteiger charge is 2.12. The summed E-state index contributed by atoms with van der Waals surface area (Å²) in [7, 11) is 0. The van der Waals surface area contributed by atoms with Crippen molar-refractivity contribution >= 4 is 0 Å². The van der Waals surface area contributed by atoms with Crippen LogP contribution in [0.25, 0.3) is 0 Å². The van der Waals surface area contributed by atoms with E-state index in [9.17, 15) is 0 Å². The van der Waals surface area contributed by atoms with Crippen LogP contribution < -0.4 is 9.57 Å². The van der Waals surface area contributed by atoms with E-state index in [2.05, 4.69) is 39.8 Å². The standard InChI is InChI=1S/C15H26NO/c1-5-7-8-15(6-2)12-17-16-10-9-13(3)11-14(16)4/h9-11,15H,5-8,12H2,1-4H3/q+1. The van der Waals surface area contributed by atoms with Gasteiger partial charge in [0.2, 0.25) is 11.9 Å². The average molecular weight is 236 g/mol. The second kappa shape index (κ2) is 7.31. The third kappa shape index (κ3) is 4.76. The Morgan fingerprint density at radius 3 is 2.65 bits per heavy atom. The fourth-order valence-corrected chi connectivity index (χ4v) is 1.97. The van der Waals surface area contributed by atoms with Gasteiger partial charge in [0.15, 0.2) is 6.61 Å². The van der Waals surface area contributed by atoms with Crippen LogP contribution in [-0.2, 0) is 0 Å². The summed E-state index contributed by atoms with van der Waals surface area (Å²) in [6, 6.07) is 4.23. The topological polar surface area (TPSA) is 13.1 Å². The molecule has 0 aromatic carbocycles. The van der Waals surface area contributed by atoms with Crippen LogP contribution in [0.1, 0.15) is 50.8 Å². The first-order valence-electron chi connectivity index (χ1n) is 6.79. The molecule has 17 heavy (non-hydrogen) atoms. The lowest BCUT2D eigenvalue weighted by molar-refractivity contribution is -0.896. The van der Waals surface area contributed by atoms with Crippen molar-refractivity contribution in [1.82, 2.24) is 0 Å². The van der Waals surface area contributed by atoms with Crippen molar-refractivity contribution in [2.75, 3.05) is 6.61 Å². The van der Waals surface area contributed by atoms with Gasteiger partial charge < -0.3 is 0 Å². The van der Waals surface area contributed by atoms with Gasteiger partial charge in [0, 0.05) is 23.8 Å². The molecule has 1 rings (SSSR count). The Morgan fingerprint density at radius 1 is 1.29 bits per heavy atom. The van der Waals surface area contributed by atoms with E-state index in [0.29, 0.717) is 5.92 Å². The van der Waals surface area contributed by atoms with Gasteiger partial charge in [-0.3, -0.25) is 4.84 Å². The second-order valence-corrected chi connectivity index (χ2v) is 4.88. The summed E-state index contributed by atoms with van der Waals surface area (Å²) in [6.07, 6.45) is 7.06. The summed E-state index contributed by atoms with van der Waals surface area (Å²) >= 11 is 0. The zero-order valence-corrected chi connectivity index (χ0v) is 11.7. The SMILES string of the molecule is CCCCC(CC)CO[n+]1ccc(C)cc1C. The van der Waals surface area contributed by atoms with Crippen molar-refractivity contribution in [1.29, 1.82) is 0 Å². The number of nitrogens with zero attached hydrogens (tertiary/aromatic N) is 1. The quantitative estimate of drug-likeness (QED) is 0.662. The van der Waals surface area contributed by atoms with Gasteiger partial charge in [-0.2, -0.15) is 0 Å². The fraction of sp³-hybridized carbons (Fsp3) is 0.667. The molecule has 0 bridgehead atoms. The van der Waals surface area contributed by atoms with E-state index < -0.39 is 0 Å². The smallest absolute Gasteiger partial charge is 0.231 e. The van der Waals surface area contributed by atoms with E-state index in [1.807, 2.05) is 10.9 Å². The lowest BCUT2D eigenvalue weighted by atomic mass is 10.0. The van der Waals surface area contributed by atoms with E-state index in [4.69, 9.17) is 4.84 Å². The van der Waals surface area contributed by atoms with E-state index in [1.165, 1.54) is 31.2 Å². The molecule has 0 aliphatic heterocycles. The molecule has 0 amide bonds. The Kier molecular flexibility index (Phi) is 6.03. The lowest BCUT2D eigenvalue weighted by Gasteiger charge is -2.11. The highest BCUT2D eigenvalue weighted by atomic mass is 16.7. The zero-order valence-electron chi connectivity index (χ0n) is 11.7. The number of hydrogen-bond donors (Lipinski definition) is 0. The maximum absolute atomic E-state index is 5.86. The van der Waals surface area contributed by atoms with E-state index in [0.717, 1.165) is 12.3 Å². The van der Waals surface area contributed by atoms with Gasteiger partial charge in [-0.1, -0.05) is 26.7 Å². The van der Waals surface area contributed by atoms with E-state index in [-0.39, 0.29) is 0 Å². The first-order valence-corrected chi connectivity index (χ1v) is 6.79. The highest BCUT2D eigenvalue weighted by molar-refractivity contribution is 5.08. The molecule has 0 saturated carbocycles. The van der Waals surface area contributed by atoms with Crippen LogP contribution in [0.4, 0.5) is 0 Å². The molecular weight excluding hydrogens is 210 g/mol. The summed E-state index contributed by atoms with van der Waals surface area (Å²) in [5, 5.41) is 0. The number of pyridine rings is 1. The monoisotopic (exact) mass is 236 g/mol. The third-order valence-corrected chi connectivity index (χ3v) is 3.25. The Morgan fingerprint density at radius 2 is 2.06 bits per heavy atom. The average Bonchev–Trinajstić information content (AvgIpc) is 2.31.